The van der Waals surface area contributed by atoms with E-state index in [1.165, 1.54) is 11.9 Å². The van der Waals surface area contributed by atoms with Crippen LogP contribution in [0.2, 0.25) is 5.02 Å². The Kier molecular flexibility index (Phi) is 5.92. The van der Waals surface area contributed by atoms with Crippen molar-refractivity contribution < 1.29 is 22.7 Å². The van der Waals surface area contributed by atoms with E-state index in [0.29, 0.717) is 30.0 Å². The molecule has 2 rings (SSSR count). The number of pyridine rings is 1. The second-order valence-electron chi connectivity index (χ2n) is 5.77. The molecule has 9 heteroatoms. The molecule has 1 atom stereocenters. The van der Waals surface area contributed by atoms with Crippen molar-refractivity contribution in [1.82, 2.24) is 9.47 Å². The number of hydrogen-bond donors (Lipinski definition) is 0. The molecule has 0 unspecified atom stereocenters. The first kappa shape index (κ1) is 18.8. The molecule has 0 bridgehead atoms. The average molecular weight is 367 g/mol. The maximum absolute atomic E-state index is 12.8. The van der Waals surface area contributed by atoms with Crippen LogP contribution in [0, 0.1) is 0 Å². The quantitative estimate of drug-likeness (QED) is 0.823. The van der Waals surface area contributed by atoms with E-state index in [0.717, 1.165) is 19.3 Å². The Morgan fingerprint density at radius 1 is 1.46 bits per heavy atom. The predicted molar refractivity (Wildman–Crippen MR) is 81.9 cm³/mol. The maximum Gasteiger partial charge on any atom is 0.417 e. The molecule has 1 aliphatic rings. The van der Waals surface area contributed by atoms with Gasteiger partial charge in [-0.05, 0) is 25.3 Å². The van der Waals surface area contributed by atoms with Gasteiger partial charge in [0.05, 0.1) is 11.7 Å². The van der Waals surface area contributed by atoms with Gasteiger partial charge < -0.3 is 14.2 Å². The smallest absolute Gasteiger partial charge is 0.376 e. The molecule has 134 valence electrons. The van der Waals surface area contributed by atoms with Crippen LogP contribution < -0.4 is 5.56 Å². The highest BCUT2D eigenvalue weighted by molar-refractivity contribution is 6.30. The summed E-state index contributed by atoms with van der Waals surface area (Å²) in [4.78, 5) is 25.4. The van der Waals surface area contributed by atoms with Gasteiger partial charge in [-0.25, -0.2) is 0 Å². The summed E-state index contributed by atoms with van der Waals surface area (Å²) in [6.07, 6.45) is -1.31. The summed E-state index contributed by atoms with van der Waals surface area (Å²) < 4.78 is 44.6. The molecule has 5 nitrogen and oxygen atoms in total. The second-order valence-corrected chi connectivity index (χ2v) is 6.18. The van der Waals surface area contributed by atoms with Crippen LogP contribution in [0.1, 0.15) is 24.8 Å². The number of amides is 1. The Morgan fingerprint density at radius 2 is 2.17 bits per heavy atom. The van der Waals surface area contributed by atoms with Gasteiger partial charge >= 0.3 is 6.18 Å². The lowest BCUT2D eigenvalue weighted by Gasteiger charge is -2.27. The monoisotopic (exact) mass is 366 g/mol. The zero-order chi connectivity index (χ0) is 17.9. The topological polar surface area (TPSA) is 51.5 Å². The highest BCUT2D eigenvalue weighted by Crippen LogP contribution is 2.29. The number of carbonyl (C=O) groups excluding carboxylic acids is 1. The van der Waals surface area contributed by atoms with E-state index in [-0.39, 0.29) is 6.10 Å². The molecule has 2 heterocycles. The summed E-state index contributed by atoms with van der Waals surface area (Å²) in [5.41, 5.74) is -1.90. The van der Waals surface area contributed by atoms with Crippen LogP contribution in [0.15, 0.2) is 17.1 Å². The second kappa shape index (κ2) is 7.57. The molecule has 0 saturated carbocycles. The first-order valence-electron chi connectivity index (χ1n) is 7.51. The summed E-state index contributed by atoms with van der Waals surface area (Å²) in [6.45, 7) is 0.460. The third-order valence-corrected chi connectivity index (χ3v) is 4.12. The van der Waals surface area contributed by atoms with Crippen LogP contribution in [0.25, 0.3) is 0 Å². The van der Waals surface area contributed by atoms with Crippen molar-refractivity contribution in [2.24, 2.45) is 0 Å². The molecule has 0 aromatic carbocycles. The van der Waals surface area contributed by atoms with Crippen LogP contribution in [-0.2, 0) is 22.3 Å². The van der Waals surface area contributed by atoms with Gasteiger partial charge in [-0.2, -0.15) is 13.2 Å². The van der Waals surface area contributed by atoms with Crippen LogP contribution >= 0.6 is 11.6 Å². The lowest BCUT2D eigenvalue weighted by atomic mass is 10.1. The van der Waals surface area contributed by atoms with Crippen LogP contribution in [0.4, 0.5) is 13.2 Å². The molecule has 24 heavy (non-hydrogen) atoms. The number of halogens is 4. The van der Waals surface area contributed by atoms with Crippen LogP contribution in [0.3, 0.4) is 0 Å². The summed E-state index contributed by atoms with van der Waals surface area (Å²) >= 11 is 5.57. The molecule has 0 radical (unpaired) electrons. The molecule has 1 amide bonds. The van der Waals surface area contributed by atoms with E-state index in [1.807, 2.05) is 0 Å². The summed E-state index contributed by atoms with van der Waals surface area (Å²) in [7, 11) is 1.53. The Labute approximate surface area is 142 Å². The van der Waals surface area contributed by atoms with E-state index < -0.39 is 34.8 Å². The minimum atomic E-state index is -4.65. The Bertz CT molecular complexity index is 654. The number of aromatic nitrogens is 1. The fourth-order valence-corrected chi connectivity index (χ4v) is 2.72. The summed E-state index contributed by atoms with van der Waals surface area (Å²) in [5.74, 6) is -0.485. The van der Waals surface area contributed by atoms with E-state index in [1.54, 1.807) is 0 Å². The fraction of sp³-hybridized carbons (Fsp3) is 0.600. The van der Waals surface area contributed by atoms with Crippen molar-refractivity contribution >= 4 is 17.5 Å². The molecule has 1 aliphatic heterocycles. The zero-order valence-corrected chi connectivity index (χ0v) is 13.9. The zero-order valence-electron chi connectivity index (χ0n) is 13.1. The number of ether oxygens (including phenoxy) is 1. The van der Waals surface area contributed by atoms with Gasteiger partial charge in [0.2, 0.25) is 5.91 Å². The molecule has 0 N–H and O–H groups in total. The molecular formula is C15H18ClF3N2O3. The number of carbonyl (C=O) groups is 1. The highest BCUT2D eigenvalue weighted by atomic mass is 35.5. The van der Waals surface area contributed by atoms with Gasteiger partial charge in [-0.1, -0.05) is 11.6 Å². The van der Waals surface area contributed by atoms with E-state index >= 15 is 0 Å². The van der Waals surface area contributed by atoms with Crippen molar-refractivity contribution in [3.63, 3.8) is 0 Å². The SMILES string of the molecule is CN(C[C@@H]1CCCCO1)C(=O)Cn1cc(C(F)(F)F)cc(Cl)c1=O. The lowest BCUT2D eigenvalue weighted by molar-refractivity contribution is -0.139. The number of hydrogen-bond acceptors (Lipinski definition) is 3. The van der Waals surface area contributed by atoms with Crippen molar-refractivity contribution in [1.29, 1.82) is 0 Å². The lowest BCUT2D eigenvalue weighted by Crippen LogP contribution is -2.40. The number of likely N-dealkylation sites (N-methyl/N-ethyl adjacent to an activating group) is 1. The summed E-state index contributed by atoms with van der Waals surface area (Å²) in [5, 5.41) is -0.573. The van der Waals surface area contributed by atoms with Crippen molar-refractivity contribution in [3.05, 3.63) is 33.2 Å². The molecule has 0 aliphatic carbocycles. The maximum atomic E-state index is 12.8. The van der Waals surface area contributed by atoms with Gasteiger partial charge in [0, 0.05) is 26.4 Å². The average Bonchev–Trinajstić information content (AvgIpc) is 2.51. The third kappa shape index (κ3) is 4.73. The first-order valence-corrected chi connectivity index (χ1v) is 7.89. The van der Waals surface area contributed by atoms with Crippen molar-refractivity contribution in [2.45, 2.75) is 38.1 Å². The van der Waals surface area contributed by atoms with Crippen LogP contribution in [-0.4, -0.2) is 41.7 Å². The minimum Gasteiger partial charge on any atom is -0.376 e. The normalized spacial score (nSPS) is 18.5. The minimum absolute atomic E-state index is 0.0884. The molecule has 1 aromatic rings. The van der Waals surface area contributed by atoms with E-state index in [4.69, 9.17) is 16.3 Å². The molecule has 1 aromatic heterocycles. The Balaban J connectivity index is 2.10. The predicted octanol–water partition coefficient (Wildman–Crippen LogP) is 2.55. The van der Waals surface area contributed by atoms with Crippen LogP contribution in [0.5, 0.6) is 0 Å². The van der Waals surface area contributed by atoms with Crippen molar-refractivity contribution in [3.8, 4) is 0 Å². The van der Waals surface area contributed by atoms with Gasteiger partial charge in [0.15, 0.2) is 0 Å². The molecule has 1 fully saturated rings. The number of alkyl halides is 3. The molecular weight excluding hydrogens is 349 g/mol. The van der Waals surface area contributed by atoms with Gasteiger partial charge in [-0.3, -0.25) is 9.59 Å². The number of rotatable bonds is 4. The van der Waals surface area contributed by atoms with Gasteiger partial charge in [0.1, 0.15) is 11.6 Å². The number of nitrogens with zero attached hydrogens (tertiary/aromatic N) is 2. The largest absolute Gasteiger partial charge is 0.417 e. The van der Waals surface area contributed by atoms with E-state index in [2.05, 4.69) is 0 Å². The Morgan fingerprint density at radius 3 is 2.75 bits per heavy atom. The fourth-order valence-electron chi connectivity index (χ4n) is 2.50. The first-order chi connectivity index (χ1) is 11.2. The highest BCUT2D eigenvalue weighted by Gasteiger charge is 2.32. The molecule has 0 spiro atoms. The molecule has 1 saturated heterocycles. The third-order valence-electron chi connectivity index (χ3n) is 3.85. The van der Waals surface area contributed by atoms with Crippen molar-refractivity contribution in [2.75, 3.05) is 20.2 Å². The van der Waals surface area contributed by atoms with Gasteiger partial charge in [0.25, 0.3) is 5.56 Å². The Hall–Kier alpha value is -1.54. The standard InChI is InChI=1S/C15H18ClF3N2O3/c1-20(8-11-4-2-3-5-24-11)13(22)9-21-7-10(15(17,18)19)6-12(16)14(21)23/h6-7,11H,2-5,8-9H2,1H3/t11-/m0/s1. The summed E-state index contributed by atoms with van der Waals surface area (Å²) in [6, 6.07) is 0.560. The van der Waals surface area contributed by atoms with Gasteiger partial charge in [-0.15, -0.1) is 0 Å². The van der Waals surface area contributed by atoms with E-state index in [9.17, 15) is 22.8 Å².